The van der Waals surface area contributed by atoms with Crippen molar-refractivity contribution in [2.24, 2.45) is 0 Å². The highest BCUT2D eigenvalue weighted by atomic mass is 35.5. The van der Waals surface area contributed by atoms with E-state index in [1.54, 1.807) is 0 Å². The molecule has 0 spiro atoms. The molecule has 5 heteroatoms. The van der Waals surface area contributed by atoms with Gasteiger partial charge in [-0.2, -0.15) is 0 Å². The largest absolute Gasteiger partial charge is 0.383 e. The second-order valence-corrected chi connectivity index (χ2v) is 5.96. The number of rotatable bonds is 1. The van der Waals surface area contributed by atoms with E-state index in [1.807, 2.05) is 24.3 Å². The summed E-state index contributed by atoms with van der Waals surface area (Å²) in [5.41, 5.74) is 11.2. The summed E-state index contributed by atoms with van der Waals surface area (Å²) in [6.07, 6.45) is 5.76. The molecule has 0 aliphatic heterocycles. The van der Waals surface area contributed by atoms with Crippen LogP contribution >= 0.6 is 11.6 Å². The summed E-state index contributed by atoms with van der Waals surface area (Å²) in [6.45, 7) is 0. The minimum absolute atomic E-state index is 0.459. The van der Waals surface area contributed by atoms with Crippen molar-refractivity contribution < 1.29 is 0 Å². The highest BCUT2D eigenvalue weighted by molar-refractivity contribution is 6.33. The second-order valence-electron chi connectivity index (χ2n) is 5.56. The molecule has 0 saturated carbocycles. The maximum Gasteiger partial charge on any atom is 0.165 e. The van der Waals surface area contributed by atoms with Crippen LogP contribution in [0.15, 0.2) is 30.6 Å². The zero-order valence-electron chi connectivity index (χ0n) is 12.0. The average Bonchev–Trinajstić information content (AvgIpc) is 2.54. The van der Waals surface area contributed by atoms with Gasteiger partial charge in [0.05, 0.1) is 5.39 Å². The maximum atomic E-state index is 6.45. The van der Waals surface area contributed by atoms with Gasteiger partial charge >= 0.3 is 0 Å². The summed E-state index contributed by atoms with van der Waals surface area (Å²) in [7, 11) is 0. The van der Waals surface area contributed by atoms with Crippen molar-refractivity contribution >= 4 is 28.5 Å². The molecular formula is C17H15ClN4. The summed E-state index contributed by atoms with van der Waals surface area (Å²) in [6, 6.07) is 7.85. The van der Waals surface area contributed by atoms with Crippen LogP contribution in [0.5, 0.6) is 0 Å². The predicted molar refractivity (Wildman–Crippen MR) is 88.8 cm³/mol. The van der Waals surface area contributed by atoms with Crippen LogP contribution in [0.1, 0.15) is 24.1 Å². The van der Waals surface area contributed by atoms with Gasteiger partial charge in [0.25, 0.3) is 0 Å². The molecule has 1 aromatic carbocycles. The van der Waals surface area contributed by atoms with Gasteiger partial charge in [-0.25, -0.2) is 15.0 Å². The average molecular weight is 311 g/mol. The number of nitrogens with two attached hydrogens (primary N) is 1. The van der Waals surface area contributed by atoms with Crippen molar-refractivity contribution in [3.05, 3.63) is 46.9 Å². The van der Waals surface area contributed by atoms with E-state index in [0.717, 1.165) is 47.9 Å². The van der Waals surface area contributed by atoms with Crippen LogP contribution in [0.25, 0.3) is 22.2 Å². The summed E-state index contributed by atoms with van der Waals surface area (Å²) in [4.78, 5) is 13.2. The molecule has 22 heavy (non-hydrogen) atoms. The van der Waals surface area contributed by atoms with Gasteiger partial charge in [0, 0.05) is 21.8 Å². The number of hydrogen-bond acceptors (Lipinski definition) is 4. The quantitative estimate of drug-likeness (QED) is 0.742. The molecule has 2 heterocycles. The maximum absolute atomic E-state index is 6.45. The Kier molecular flexibility index (Phi) is 3.19. The molecule has 4 rings (SSSR count). The third-order valence-corrected chi connectivity index (χ3v) is 4.56. The van der Waals surface area contributed by atoms with E-state index in [9.17, 15) is 0 Å². The molecule has 0 unspecified atom stereocenters. The number of aryl methyl sites for hydroxylation is 1. The number of nitrogen functional groups attached to an aromatic ring is 1. The molecule has 0 radical (unpaired) electrons. The van der Waals surface area contributed by atoms with Crippen LogP contribution in [0.4, 0.5) is 5.82 Å². The van der Waals surface area contributed by atoms with Crippen LogP contribution in [0.3, 0.4) is 0 Å². The van der Waals surface area contributed by atoms with E-state index < -0.39 is 0 Å². The summed E-state index contributed by atoms with van der Waals surface area (Å²) in [5, 5.41) is 1.53. The molecule has 0 amide bonds. The molecule has 2 N–H and O–H groups in total. The van der Waals surface area contributed by atoms with Gasteiger partial charge < -0.3 is 5.73 Å². The smallest absolute Gasteiger partial charge is 0.165 e. The summed E-state index contributed by atoms with van der Waals surface area (Å²) >= 11 is 6.45. The fraction of sp³-hybridized carbons (Fsp3) is 0.235. The van der Waals surface area contributed by atoms with Gasteiger partial charge in [-0.3, -0.25) is 0 Å². The number of aromatic nitrogens is 3. The normalized spacial score (nSPS) is 14.0. The van der Waals surface area contributed by atoms with Gasteiger partial charge in [-0.1, -0.05) is 29.8 Å². The third kappa shape index (κ3) is 2.03. The lowest BCUT2D eigenvalue weighted by atomic mass is 9.87. The Balaban J connectivity index is 2.17. The predicted octanol–water partition coefficient (Wildman–Crippen LogP) is 3.81. The van der Waals surface area contributed by atoms with Gasteiger partial charge in [0.2, 0.25) is 0 Å². The first-order chi connectivity index (χ1) is 10.8. The molecule has 0 atom stereocenters. The monoisotopic (exact) mass is 310 g/mol. The van der Waals surface area contributed by atoms with E-state index in [4.69, 9.17) is 22.3 Å². The highest BCUT2D eigenvalue weighted by Crippen LogP contribution is 2.40. The lowest BCUT2D eigenvalue weighted by Gasteiger charge is -2.21. The van der Waals surface area contributed by atoms with Gasteiger partial charge in [-0.05, 0) is 37.3 Å². The van der Waals surface area contributed by atoms with E-state index in [-0.39, 0.29) is 0 Å². The Labute approximate surface area is 133 Å². The van der Waals surface area contributed by atoms with E-state index in [1.165, 1.54) is 11.9 Å². The number of halogens is 1. The lowest BCUT2D eigenvalue weighted by molar-refractivity contribution is 0.672. The Morgan fingerprint density at radius 1 is 1.05 bits per heavy atom. The minimum Gasteiger partial charge on any atom is -0.383 e. The molecule has 3 aromatic rings. The number of nitrogens with zero attached hydrogens (tertiary/aromatic N) is 3. The van der Waals surface area contributed by atoms with Crippen molar-refractivity contribution in [1.82, 2.24) is 15.0 Å². The van der Waals surface area contributed by atoms with Crippen LogP contribution in [0, 0.1) is 0 Å². The third-order valence-electron chi connectivity index (χ3n) is 4.23. The molecule has 4 nitrogen and oxygen atoms in total. The van der Waals surface area contributed by atoms with Crippen LogP contribution in [-0.2, 0) is 12.8 Å². The lowest BCUT2D eigenvalue weighted by Crippen LogP contribution is -2.10. The number of fused-ring (bicyclic) bond motifs is 2. The Morgan fingerprint density at radius 2 is 1.86 bits per heavy atom. The molecular weight excluding hydrogens is 296 g/mol. The standard InChI is InChI=1S/C17H15ClN4/c18-12-7-3-1-5-10(12)14-11-6-2-4-8-13(11)22-17-15(14)16(19)20-9-21-17/h1,3,5,7,9H,2,4,6,8H2,(H2,19,20,21,22). The Morgan fingerprint density at radius 3 is 2.73 bits per heavy atom. The van der Waals surface area contributed by atoms with Gasteiger partial charge in [0.15, 0.2) is 5.65 Å². The molecule has 0 bridgehead atoms. The number of anilines is 1. The van der Waals surface area contributed by atoms with Crippen molar-refractivity contribution in [3.8, 4) is 11.1 Å². The fourth-order valence-electron chi connectivity index (χ4n) is 3.24. The van der Waals surface area contributed by atoms with Gasteiger partial charge in [0.1, 0.15) is 12.1 Å². The van der Waals surface area contributed by atoms with Crippen molar-refractivity contribution in [3.63, 3.8) is 0 Å². The van der Waals surface area contributed by atoms with Crippen LogP contribution in [0.2, 0.25) is 5.02 Å². The Hall–Kier alpha value is -2.20. The zero-order valence-corrected chi connectivity index (χ0v) is 12.8. The second kappa shape index (κ2) is 5.21. The van der Waals surface area contributed by atoms with E-state index in [2.05, 4.69) is 9.97 Å². The number of benzene rings is 1. The first kappa shape index (κ1) is 13.5. The van der Waals surface area contributed by atoms with E-state index in [0.29, 0.717) is 16.5 Å². The molecule has 110 valence electrons. The first-order valence-corrected chi connectivity index (χ1v) is 7.80. The first-order valence-electron chi connectivity index (χ1n) is 7.42. The van der Waals surface area contributed by atoms with Crippen molar-refractivity contribution in [1.29, 1.82) is 0 Å². The summed E-state index contributed by atoms with van der Waals surface area (Å²) < 4.78 is 0. The topological polar surface area (TPSA) is 64.7 Å². The Bertz CT molecular complexity index is 876. The number of pyridine rings is 1. The molecule has 0 saturated heterocycles. The van der Waals surface area contributed by atoms with Crippen LogP contribution in [-0.4, -0.2) is 15.0 Å². The molecule has 0 fully saturated rings. The highest BCUT2D eigenvalue weighted by Gasteiger charge is 2.22. The van der Waals surface area contributed by atoms with Gasteiger partial charge in [-0.15, -0.1) is 0 Å². The zero-order chi connectivity index (χ0) is 15.1. The molecule has 2 aromatic heterocycles. The van der Waals surface area contributed by atoms with Crippen molar-refractivity contribution in [2.45, 2.75) is 25.7 Å². The fourth-order valence-corrected chi connectivity index (χ4v) is 3.47. The summed E-state index contributed by atoms with van der Waals surface area (Å²) in [5.74, 6) is 0.459. The minimum atomic E-state index is 0.459. The molecule has 1 aliphatic carbocycles. The van der Waals surface area contributed by atoms with Crippen LogP contribution < -0.4 is 5.73 Å². The molecule has 1 aliphatic rings. The number of hydrogen-bond donors (Lipinski definition) is 1. The van der Waals surface area contributed by atoms with Crippen molar-refractivity contribution in [2.75, 3.05) is 5.73 Å². The SMILES string of the molecule is Nc1ncnc2nc3c(c(-c4ccccc4Cl)c12)CCCC3. The van der Waals surface area contributed by atoms with E-state index >= 15 is 0 Å².